The van der Waals surface area contributed by atoms with Gasteiger partial charge in [-0.1, -0.05) is 12.1 Å². The van der Waals surface area contributed by atoms with Gasteiger partial charge in [-0.3, -0.25) is 0 Å². The summed E-state index contributed by atoms with van der Waals surface area (Å²) in [5.74, 6) is 0.175. The summed E-state index contributed by atoms with van der Waals surface area (Å²) in [6, 6.07) is 6.60. The molecule has 0 bridgehead atoms. The number of phenols is 1. The van der Waals surface area contributed by atoms with Crippen LogP contribution in [0, 0.1) is 0 Å². The lowest BCUT2D eigenvalue weighted by Gasteiger charge is -2.39. The minimum Gasteiger partial charge on any atom is -0.508 e. The van der Waals surface area contributed by atoms with Gasteiger partial charge in [-0.25, -0.2) is 0 Å². The van der Waals surface area contributed by atoms with Gasteiger partial charge >= 0.3 is 0 Å². The van der Waals surface area contributed by atoms with E-state index in [2.05, 4.69) is 0 Å². The Kier molecular flexibility index (Phi) is 5.51. The minimum atomic E-state index is -1.44. The van der Waals surface area contributed by atoms with E-state index in [1.807, 2.05) is 0 Å². The number of aliphatic hydroxyl groups excluding tert-OH is 4. The summed E-state index contributed by atoms with van der Waals surface area (Å²) in [5, 5.41) is 47.3. The number of benzene rings is 1. The molecule has 5 atom stereocenters. The van der Waals surface area contributed by atoms with Gasteiger partial charge in [0, 0.05) is 0 Å². The zero-order valence-electron chi connectivity index (χ0n) is 11.4. The van der Waals surface area contributed by atoms with Crippen molar-refractivity contribution in [2.24, 2.45) is 0 Å². The third-order valence-corrected chi connectivity index (χ3v) is 3.46. The van der Waals surface area contributed by atoms with E-state index >= 15 is 0 Å². The molecular formula is C14H20O7. The minimum absolute atomic E-state index is 0.175. The monoisotopic (exact) mass is 300 g/mol. The highest BCUT2D eigenvalue weighted by molar-refractivity contribution is 5.25. The molecule has 0 saturated carbocycles. The molecule has 21 heavy (non-hydrogen) atoms. The van der Waals surface area contributed by atoms with Crippen LogP contribution in [-0.4, -0.2) is 69.5 Å². The summed E-state index contributed by atoms with van der Waals surface area (Å²) >= 11 is 0. The maximum Gasteiger partial charge on any atom is 0.186 e. The Morgan fingerprint density at radius 1 is 1.00 bits per heavy atom. The van der Waals surface area contributed by atoms with Crippen molar-refractivity contribution in [2.75, 3.05) is 13.2 Å². The normalized spacial score (nSPS) is 33.0. The molecule has 1 aliphatic rings. The number of hydrogen-bond acceptors (Lipinski definition) is 7. The van der Waals surface area contributed by atoms with Crippen LogP contribution in [-0.2, 0) is 15.9 Å². The van der Waals surface area contributed by atoms with E-state index in [0.29, 0.717) is 6.42 Å². The molecule has 1 heterocycles. The van der Waals surface area contributed by atoms with E-state index < -0.39 is 37.3 Å². The molecule has 7 nitrogen and oxygen atoms in total. The average molecular weight is 300 g/mol. The number of aliphatic hydroxyl groups is 4. The fourth-order valence-electron chi connectivity index (χ4n) is 2.16. The second-order valence-electron chi connectivity index (χ2n) is 4.98. The molecule has 0 spiro atoms. The molecule has 1 aromatic rings. The third-order valence-electron chi connectivity index (χ3n) is 3.46. The Hall–Kier alpha value is -1.22. The van der Waals surface area contributed by atoms with Gasteiger partial charge in [-0.15, -0.1) is 0 Å². The van der Waals surface area contributed by atoms with Crippen molar-refractivity contribution in [3.8, 4) is 5.75 Å². The van der Waals surface area contributed by atoms with Crippen LogP contribution in [0.3, 0.4) is 0 Å². The summed E-state index contributed by atoms with van der Waals surface area (Å²) in [5.41, 5.74) is 0.928. The smallest absolute Gasteiger partial charge is 0.186 e. The SMILES string of the molecule is OCC1OC(OCCc2ccc(O)cc2)C(O)[C@@H](O)C1O. The van der Waals surface area contributed by atoms with Crippen LogP contribution in [0.2, 0.25) is 0 Å². The lowest BCUT2D eigenvalue weighted by atomic mass is 9.99. The average Bonchev–Trinajstić information content (AvgIpc) is 2.49. The maximum absolute atomic E-state index is 9.78. The summed E-state index contributed by atoms with van der Waals surface area (Å²) in [7, 11) is 0. The number of rotatable bonds is 5. The number of aromatic hydroxyl groups is 1. The van der Waals surface area contributed by atoms with Crippen LogP contribution in [0.5, 0.6) is 5.75 Å². The van der Waals surface area contributed by atoms with Gasteiger partial charge in [0.1, 0.15) is 30.2 Å². The molecule has 0 radical (unpaired) electrons. The molecule has 1 aromatic carbocycles. The molecule has 0 amide bonds. The molecule has 118 valence electrons. The Balaban J connectivity index is 1.85. The quantitative estimate of drug-likeness (QED) is 0.461. The highest BCUT2D eigenvalue weighted by atomic mass is 16.7. The van der Waals surface area contributed by atoms with Crippen LogP contribution in [0.4, 0.5) is 0 Å². The molecular weight excluding hydrogens is 280 g/mol. The van der Waals surface area contributed by atoms with Crippen LogP contribution >= 0.6 is 0 Å². The zero-order chi connectivity index (χ0) is 15.4. The predicted molar refractivity (Wildman–Crippen MR) is 71.5 cm³/mol. The lowest BCUT2D eigenvalue weighted by Crippen LogP contribution is -2.59. The second-order valence-corrected chi connectivity index (χ2v) is 4.98. The van der Waals surface area contributed by atoms with Crippen molar-refractivity contribution in [2.45, 2.75) is 37.1 Å². The first-order valence-corrected chi connectivity index (χ1v) is 6.73. The molecule has 0 aromatic heterocycles. The van der Waals surface area contributed by atoms with Gasteiger partial charge in [0.25, 0.3) is 0 Å². The number of ether oxygens (including phenoxy) is 2. The van der Waals surface area contributed by atoms with Crippen LogP contribution in [0.25, 0.3) is 0 Å². The van der Waals surface area contributed by atoms with Gasteiger partial charge in [0.2, 0.25) is 0 Å². The predicted octanol–water partition coefficient (Wildman–Crippen LogP) is -1.25. The first-order valence-electron chi connectivity index (χ1n) is 6.73. The molecule has 7 heteroatoms. The fourth-order valence-corrected chi connectivity index (χ4v) is 2.16. The standard InChI is InChI=1S/C14H20O7/c15-7-10-11(17)12(18)13(19)14(21-10)20-6-5-8-1-3-9(16)4-2-8/h1-4,10-19H,5-7H2/t10?,11?,12-,13?,14?/m0/s1. The molecule has 5 N–H and O–H groups in total. The van der Waals surface area contributed by atoms with Gasteiger partial charge in [-0.2, -0.15) is 0 Å². The van der Waals surface area contributed by atoms with Crippen LogP contribution in [0.1, 0.15) is 5.56 Å². The maximum atomic E-state index is 9.78. The largest absolute Gasteiger partial charge is 0.508 e. The van der Waals surface area contributed by atoms with E-state index in [4.69, 9.17) is 14.6 Å². The van der Waals surface area contributed by atoms with Crippen molar-refractivity contribution >= 4 is 0 Å². The summed E-state index contributed by atoms with van der Waals surface area (Å²) < 4.78 is 10.6. The number of phenolic OH excluding ortho intramolecular Hbond substituents is 1. The molecule has 4 unspecified atom stereocenters. The topological polar surface area (TPSA) is 120 Å². The Labute approximate surface area is 122 Å². The second kappa shape index (κ2) is 7.17. The van der Waals surface area contributed by atoms with Crippen molar-refractivity contribution in [3.05, 3.63) is 29.8 Å². The van der Waals surface area contributed by atoms with Crippen molar-refractivity contribution < 1.29 is 35.0 Å². The van der Waals surface area contributed by atoms with E-state index in [0.717, 1.165) is 5.56 Å². The first kappa shape index (κ1) is 16.2. The van der Waals surface area contributed by atoms with Crippen molar-refractivity contribution in [3.63, 3.8) is 0 Å². The molecule has 0 aliphatic carbocycles. The van der Waals surface area contributed by atoms with Crippen molar-refractivity contribution in [1.82, 2.24) is 0 Å². The van der Waals surface area contributed by atoms with Gasteiger partial charge in [0.15, 0.2) is 6.29 Å². The lowest BCUT2D eigenvalue weighted by molar-refractivity contribution is -0.300. The Morgan fingerprint density at radius 3 is 2.29 bits per heavy atom. The number of hydrogen-bond donors (Lipinski definition) is 5. The van der Waals surface area contributed by atoms with E-state index in [1.54, 1.807) is 24.3 Å². The highest BCUT2D eigenvalue weighted by Crippen LogP contribution is 2.22. The zero-order valence-corrected chi connectivity index (χ0v) is 11.4. The Morgan fingerprint density at radius 2 is 1.67 bits per heavy atom. The summed E-state index contributed by atoms with van der Waals surface area (Å²) in [4.78, 5) is 0. The summed E-state index contributed by atoms with van der Waals surface area (Å²) in [6.07, 6.45) is -5.77. The van der Waals surface area contributed by atoms with E-state index in [9.17, 15) is 20.4 Å². The molecule has 1 saturated heterocycles. The fraction of sp³-hybridized carbons (Fsp3) is 0.571. The van der Waals surface area contributed by atoms with Gasteiger partial charge in [0.05, 0.1) is 13.2 Å². The highest BCUT2D eigenvalue weighted by Gasteiger charge is 2.43. The Bertz CT molecular complexity index is 433. The van der Waals surface area contributed by atoms with E-state index in [1.165, 1.54) is 0 Å². The molecule has 1 aliphatic heterocycles. The molecule has 2 rings (SSSR count). The van der Waals surface area contributed by atoms with Crippen LogP contribution in [0.15, 0.2) is 24.3 Å². The van der Waals surface area contributed by atoms with E-state index in [-0.39, 0.29) is 12.4 Å². The first-order chi connectivity index (χ1) is 10.0. The van der Waals surface area contributed by atoms with Gasteiger partial charge < -0.3 is 35.0 Å². The van der Waals surface area contributed by atoms with Crippen molar-refractivity contribution in [1.29, 1.82) is 0 Å². The molecule has 1 fully saturated rings. The van der Waals surface area contributed by atoms with Crippen LogP contribution < -0.4 is 0 Å². The third kappa shape index (κ3) is 3.91. The summed E-state index contributed by atoms with van der Waals surface area (Å²) in [6.45, 7) is -0.268. The van der Waals surface area contributed by atoms with Gasteiger partial charge in [-0.05, 0) is 24.1 Å².